The predicted octanol–water partition coefficient (Wildman–Crippen LogP) is 5.82. The van der Waals surface area contributed by atoms with Crippen molar-refractivity contribution in [1.29, 1.82) is 0 Å². The Hall–Kier alpha value is -4.90. The first-order chi connectivity index (χ1) is 17.9. The SMILES string of the molecule is CC1=NN(c2nc(-c3cccc([N+](=O)[O-])c3)cs2)C(=O)[C@H]1N=Nc1ccc(C(=O)c2ccccc2)cc1. The standard InChI is InChI=1S/C26H18N6O4S/c1-16-23(29-28-20-12-10-18(11-13-20)24(33)17-6-3-2-4-7-17)25(34)31(30-16)26-27-22(15-37-26)19-8-5-9-21(14-19)32(35)36/h2-15,23H,1H3/t23-/m0/s1. The zero-order chi connectivity index (χ0) is 25.9. The largest absolute Gasteiger partial charge is 0.289 e. The number of benzene rings is 3. The van der Waals surface area contributed by atoms with E-state index in [1.807, 2.05) is 18.2 Å². The van der Waals surface area contributed by atoms with Crippen molar-refractivity contribution in [2.45, 2.75) is 13.0 Å². The minimum Gasteiger partial charge on any atom is -0.289 e. The summed E-state index contributed by atoms with van der Waals surface area (Å²) >= 11 is 1.19. The molecule has 0 spiro atoms. The lowest BCUT2D eigenvalue weighted by atomic mass is 10.0. The molecule has 37 heavy (non-hydrogen) atoms. The Bertz CT molecular complexity index is 1560. The van der Waals surface area contributed by atoms with Crippen LogP contribution in [0.2, 0.25) is 0 Å². The minimum atomic E-state index is -0.907. The second kappa shape index (κ2) is 9.99. The number of nitro groups is 1. The van der Waals surface area contributed by atoms with Gasteiger partial charge in [-0.3, -0.25) is 19.7 Å². The van der Waals surface area contributed by atoms with Gasteiger partial charge in [-0.05, 0) is 31.2 Å². The van der Waals surface area contributed by atoms with Gasteiger partial charge in [0, 0.05) is 34.2 Å². The van der Waals surface area contributed by atoms with Gasteiger partial charge in [-0.2, -0.15) is 20.3 Å². The van der Waals surface area contributed by atoms with Gasteiger partial charge < -0.3 is 0 Å². The molecule has 182 valence electrons. The summed E-state index contributed by atoms with van der Waals surface area (Å²) in [6.07, 6.45) is 0. The van der Waals surface area contributed by atoms with Crippen LogP contribution in [0.25, 0.3) is 11.3 Å². The minimum absolute atomic E-state index is 0.0453. The molecule has 1 aliphatic heterocycles. The first-order valence-corrected chi connectivity index (χ1v) is 12.0. The quantitative estimate of drug-likeness (QED) is 0.134. The molecule has 1 aromatic heterocycles. The van der Waals surface area contributed by atoms with E-state index < -0.39 is 16.9 Å². The number of azo groups is 1. The molecular weight excluding hydrogens is 492 g/mol. The third-order valence-electron chi connectivity index (χ3n) is 5.58. The van der Waals surface area contributed by atoms with Crippen molar-refractivity contribution in [3.05, 3.63) is 105 Å². The number of ketones is 1. The van der Waals surface area contributed by atoms with Crippen LogP contribution in [0, 0.1) is 10.1 Å². The van der Waals surface area contributed by atoms with E-state index in [0.29, 0.717) is 38.9 Å². The molecule has 0 fully saturated rings. The maximum absolute atomic E-state index is 13.0. The molecule has 11 heteroatoms. The second-order valence-electron chi connectivity index (χ2n) is 8.07. The van der Waals surface area contributed by atoms with Gasteiger partial charge in [-0.15, -0.1) is 11.3 Å². The zero-order valence-corrected chi connectivity index (χ0v) is 20.2. The summed E-state index contributed by atoms with van der Waals surface area (Å²) < 4.78 is 0. The average Bonchev–Trinajstić information content (AvgIpc) is 3.52. The van der Waals surface area contributed by atoms with E-state index >= 15 is 0 Å². The molecule has 0 N–H and O–H groups in total. The van der Waals surface area contributed by atoms with Gasteiger partial charge in [0.1, 0.15) is 0 Å². The number of carbonyl (C=O) groups is 2. The van der Waals surface area contributed by atoms with Crippen LogP contribution >= 0.6 is 11.3 Å². The molecule has 0 unspecified atom stereocenters. The third kappa shape index (κ3) is 4.93. The molecule has 0 radical (unpaired) electrons. The van der Waals surface area contributed by atoms with E-state index in [4.69, 9.17) is 0 Å². The number of aromatic nitrogens is 1. The molecule has 0 bridgehead atoms. The molecule has 1 atom stereocenters. The Kier molecular flexibility index (Phi) is 6.43. The first kappa shape index (κ1) is 23.8. The topological polar surface area (TPSA) is 130 Å². The summed E-state index contributed by atoms with van der Waals surface area (Å²) in [6, 6.07) is 20.8. The average molecular weight is 511 g/mol. The van der Waals surface area contributed by atoms with Crippen LogP contribution < -0.4 is 5.01 Å². The molecule has 0 saturated heterocycles. The molecule has 5 rings (SSSR count). The summed E-state index contributed by atoms with van der Waals surface area (Å²) in [5.41, 5.74) is 3.08. The number of nitrogens with zero attached hydrogens (tertiary/aromatic N) is 6. The molecule has 2 heterocycles. The van der Waals surface area contributed by atoms with Gasteiger partial charge >= 0.3 is 0 Å². The van der Waals surface area contributed by atoms with Crippen molar-refractivity contribution in [3.63, 3.8) is 0 Å². The normalized spacial score (nSPS) is 15.3. The van der Waals surface area contributed by atoms with Gasteiger partial charge in [0.25, 0.3) is 11.6 Å². The van der Waals surface area contributed by atoms with Crippen LogP contribution in [-0.4, -0.2) is 33.4 Å². The van der Waals surface area contributed by atoms with Crippen molar-refractivity contribution in [2.24, 2.45) is 15.3 Å². The van der Waals surface area contributed by atoms with Crippen LogP contribution in [0.15, 0.2) is 99.6 Å². The Balaban J connectivity index is 1.29. The van der Waals surface area contributed by atoms with Crippen LogP contribution in [0.1, 0.15) is 22.8 Å². The first-order valence-electron chi connectivity index (χ1n) is 11.1. The molecular formula is C26H18N6O4S. The smallest absolute Gasteiger partial charge is 0.282 e. The molecule has 0 saturated carbocycles. The zero-order valence-electron chi connectivity index (χ0n) is 19.4. The predicted molar refractivity (Wildman–Crippen MR) is 139 cm³/mol. The monoisotopic (exact) mass is 510 g/mol. The fraction of sp³-hybridized carbons (Fsp3) is 0.0769. The molecule has 0 aliphatic carbocycles. The highest BCUT2D eigenvalue weighted by Gasteiger charge is 2.36. The van der Waals surface area contributed by atoms with Crippen LogP contribution in [0.5, 0.6) is 0 Å². The number of nitro benzene ring substituents is 1. The number of hydrogen-bond donors (Lipinski definition) is 0. The van der Waals surface area contributed by atoms with Gasteiger partial charge in [-0.25, -0.2) is 4.98 Å². The van der Waals surface area contributed by atoms with Crippen molar-refractivity contribution in [3.8, 4) is 11.3 Å². The Labute approximate surface area is 214 Å². The van der Waals surface area contributed by atoms with Crippen molar-refractivity contribution >= 4 is 45.2 Å². The number of carbonyl (C=O) groups excluding carboxylic acids is 2. The molecule has 10 nitrogen and oxygen atoms in total. The lowest BCUT2D eigenvalue weighted by Gasteiger charge is -2.08. The summed E-state index contributed by atoms with van der Waals surface area (Å²) in [4.78, 5) is 40.6. The maximum atomic E-state index is 13.0. The summed E-state index contributed by atoms with van der Waals surface area (Å²) in [5, 5.41) is 26.9. The number of hydrazone groups is 1. The number of amides is 1. The van der Waals surface area contributed by atoms with E-state index in [-0.39, 0.29) is 11.5 Å². The highest BCUT2D eigenvalue weighted by atomic mass is 32.1. The Morgan fingerprint density at radius 1 is 1.03 bits per heavy atom. The highest BCUT2D eigenvalue weighted by molar-refractivity contribution is 7.14. The molecule has 3 aromatic carbocycles. The second-order valence-corrected chi connectivity index (χ2v) is 8.91. The molecule has 1 amide bonds. The van der Waals surface area contributed by atoms with Crippen molar-refractivity contribution < 1.29 is 14.5 Å². The lowest BCUT2D eigenvalue weighted by Crippen LogP contribution is -2.29. The third-order valence-corrected chi connectivity index (χ3v) is 6.39. The van der Waals surface area contributed by atoms with Crippen molar-refractivity contribution in [2.75, 3.05) is 5.01 Å². The van der Waals surface area contributed by atoms with Crippen LogP contribution in [0.3, 0.4) is 0 Å². The molecule has 1 aliphatic rings. The van der Waals surface area contributed by atoms with Gasteiger partial charge in [0.05, 0.1) is 22.0 Å². The Morgan fingerprint density at radius 3 is 2.49 bits per heavy atom. The number of rotatable bonds is 7. The van der Waals surface area contributed by atoms with E-state index in [0.717, 1.165) is 0 Å². The van der Waals surface area contributed by atoms with E-state index in [9.17, 15) is 19.7 Å². The van der Waals surface area contributed by atoms with Crippen LogP contribution in [0.4, 0.5) is 16.5 Å². The van der Waals surface area contributed by atoms with E-state index in [1.165, 1.54) is 28.5 Å². The number of non-ortho nitro benzene ring substituents is 1. The summed E-state index contributed by atoms with van der Waals surface area (Å²) in [5.74, 6) is -0.501. The van der Waals surface area contributed by atoms with Gasteiger partial charge in [0.2, 0.25) is 5.13 Å². The van der Waals surface area contributed by atoms with E-state index in [2.05, 4.69) is 20.3 Å². The summed E-state index contributed by atoms with van der Waals surface area (Å²) in [7, 11) is 0. The van der Waals surface area contributed by atoms with Gasteiger partial charge in [0.15, 0.2) is 11.8 Å². The van der Waals surface area contributed by atoms with Gasteiger partial charge in [-0.1, -0.05) is 42.5 Å². The fourth-order valence-corrected chi connectivity index (χ4v) is 4.45. The molecule has 4 aromatic rings. The maximum Gasteiger partial charge on any atom is 0.282 e. The van der Waals surface area contributed by atoms with E-state index in [1.54, 1.807) is 60.8 Å². The summed E-state index contributed by atoms with van der Waals surface area (Å²) in [6.45, 7) is 1.68. The Morgan fingerprint density at radius 2 is 1.76 bits per heavy atom. The van der Waals surface area contributed by atoms with Crippen molar-refractivity contribution in [1.82, 2.24) is 4.98 Å². The number of hydrogen-bond acceptors (Lipinski definition) is 9. The lowest BCUT2D eigenvalue weighted by molar-refractivity contribution is -0.384. The van der Waals surface area contributed by atoms with Crippen LogP contribution in [-0.2, 0) is 4.79 Å². The fourth-order valence-electron chi connectivity index (χ4n) is 3.66. The number of anilines is 1. The highest BCUT2D eigenvalue weighted by Crippen LogP contribution is 2.32. The number of thiazole rings is 1.